The van der Waals surface area contributed by atoms with E-state index < -0.39 is 0 Å². The molecule has 1 rings (SSSR count). The van der Waals surface area contributed by atoms with Crippen molar-refractivity contribution in [3.05, 3.63) is 34.3 Å². The van der Waals surface area contributed by atoms with Crippen molar-refractivity contribution >= 4 is 15.9 Å². The van der Waals surface area contributed by atoms with Crippen LogP contribution < -0.4 is 5.32 Å². The number of hydrogen-bond donors (Lipinski definition) is 1. The van der Waals surface area contributed by atoms with Gasteiger partial charge in [-0.15, -0.1) is 0 Å². The zero-order valence-electron chi connectivity index (χ0n) is 10.7. The Balaban J connectivity index is 2.62. The van der Waals surface area contributed by atoms with Crippen molar-refractivity contribution in [2.24, 2.45) is 0 Å². The number of rotatable bonds is 6. The summed E-state index contributed by atoms with van der Waals surface area (Å²) < 4.78 is 11.5. The molecule has 0 spiro atoms. The normalized spacial score (nSPS) is 14.9. The average molecular weight is 302 g/mol. The van der Waals surface area contributed by atoms with Crippen LogP contribution in [0, 0.1) is 0 Å². The van der Waals surface area contributed by atoms with Gasteiger partial charge < -0.3 is 14.8 Å². The standard InChI is InChI=1S/C13H20BrNO2/c1-9(11-6-5-7-12(14)8-11)15-10(2)13(16-3)17-4/h5-10,13,15H,1-4H3. The number of halogens is 1. The van der Waals surface area contributed by atoms with Crippen molar-refractivity contribution < 1.29 is 9.47 Å². The molecule has 1 aromatic carbocycles. The molecule has 2 atom stereocenters. The van der Waals surface area contributed by atoms with Crippen molar-refractivity contribution in [2.45, 2.75) is 32.2 Å². The zero-order chi connectivity index (χ0) is 12.8. The quantitative estimate of drug-likeness (QED) is 0.819. The minimum Gasteiger partial charge on any atom is -0.354 e. The molecule has 0 aliphatic heterocycles. The van der Waals surface area contributed by atoms with E-state index in [9.17, 15) is 0 Å². The van der Waals surface area contributed by atoms with E-state index in [1.807, 2.05) is 19.1 Å². The summed E-state index contributed by atoms with van der Waals surface area (Å²) in [5, 5.41) is 3.45. The summed E-state index contributed by atoms with van der Waals surface area (Å²) in [5.41, 5.74) is 1.23. The molecule has 0 aliphatic rings. The Kier molecular flexibility index (Phi) is 6.12. The molecule has 1 aromatic rings. The molecule has 0 heterocycles. The first kappa shape index (κ1) is 14.6. The SMILES string of the molecule is COC(OC)C(C)NC(C)c1cccc(Br)c1. The number of methoxy groups -OCH3 is 2. The predicted octanol–water partition coefficient (Wildman–Crippen LogP) is 3.11. The second-order valence-corrected chi connectivity index (χ2v) is 4.99. The third-order valence-corrected chi connectivity index (χ3v) is 3.23. The predicted molar refractivity (Wildman–Crippen MR) is 73.0 cm³/mol. The maximum atomic E-state index is 5.23. The molecular formula is C13H20BrNO2. The van der Waals surface area contributed by atoms with Crippen molar-refractivity contribution in [1.29, 1.82) is 0 Å². The van der Waals surface area contributed by atoms with Gasteiger partial charge in [0.25, 0.3) is 0 Å². The topological polar surface area (TPSA) is 30.5 Å². The van der Waals surface area contributed by atoms with Gasteiger partial charge in [0.05, 0.1) is 6.04 Å². The Morgan fingerprint density at radius 2 is 1.82 bits per heavy atom. The van der Waals surface area contributed by atoms with Gasteiger partial charge in [0.2, 0.25) is 0 Å². The maximum Gasteiger partial charge on any atom is 0.171 e. The highest BCUT2D eigenvalue weighted by molar-refractivity contribution is 9.10. The van der Waals surface area contributed by atoms with E-state index in [2.05, 4.69) is 40.3 Å². The first-order chi connectivity index (χ1) is 8.08. The van der Waals surface area contributed by atoms with Crippen LogP contribution in [0.4, 0.5) is 0 Å². The smallest absolute Gasteiger partial charge is 0.171 e. The molecule has 4 heteroatoms. The fourth-order valence-corrected chi connectivity index (χ4v) is 2.27. The molecule has 0 aliphatic carbocycles. The highest BCUT2D eigenvalue weighted by Crippen LogP contribution is 2.18. The van der Waals surface area contributed by atoms with Gasteiger partial charge in [-0.1, -0.05) is 28.1 Å². The van der Waals surface area contributed by atoms with Gasteiger partial charge in [0, 0.05) is 24.7 Å². The van der Waals surface area contributed by atoms with Crippen LogP contribution in [0.3, 0.4) is 0 Å². The van der Waals surface area contributed by atoms with Crippen LogP contribution in [0.2, 0.25) is 0 Å². The van der Waals surface area contributed by atoms with Crippen molar-refractivity contribution in [1.82, 2.24) is 5.32 Å². The lowest BCUT2D eigenvalue weighted by molar-refractivity contribution is -0.120. The van der Waals surface area contributed by atoms with Crippen LogP contribution in [-0.2, 0) is 9.47 Å². The van der Waals surface area contributed by atoms with Crippen molar-refractivity contribution in [2.75, 3.05) is 14.2 Å². The van der Waals surface area contributed by atoms with E-state index in [4.69, 9.17) is 9.47 Å². The van der Waals surface area contributed by atoms with E-state index in [0.29, 0.717) is 0 Å². The molecule has 1 N–H and O–H groups in total. The average Bonchev–Trinajstić information content (AvgIpc) is 2.30. The van der Waals surface area contributed by atoms with E-state index >= 15 is 0 Å². The Bertz CT molecular complexity index is 342. The summed E-state index contributed by atoms with van der Waals surface area (Å²) >= 11 is 3.48. The molecule has 2 unspecified atom stereocenters. The molecule has 0 fully saturated rings. The first-order valence-electron chi connectivity index (χ1n) is 5.65. The van der Waals surface area contributed by atoms with Crippen LogP contribution in [0.25, 0.3) is 0 Å². The van der Waals surface area contributed by atoms with E-state index in [-0.39, 0.29) is 18.4 Å². The molecule has 0 saturated carbocycles. The molecule has 0 bridgehead atoms. The lowest BCUT2D eigenvalue weighted by Gasteiger charge is -2.26. The third kappa shape index (κ3) is 4.39. The van der Waals surface area contributed by atoms with Crippen LogP contribution in [0.5, 0.6) is 0 Å². The second kappa shape index (κ2) is 7.11. The molecule has 0 amide bonds. The maximum absolute atomic E-state index is 5.23. The fourth-order valence-electron chi connectivity index (χ4n) is 1.85. The van der Waals surface area contributed by atoms with E-state index in [1.165, 1.54) is 5.56 Å². The van der Waals surface area contributed by atoms with Crippen LogP contribution in [-0.4, -0.2) is 26.6 Å². The van der Waals surface area contributed by atoms with Crippen LogP contribution in [0.15, 0.2) is 28.7 Å². The van der Waals surface area contributed by atoms with Gasteiger partial charge in [-0.05, 0) is 31.5 Å². The molecule has 0 radical (unpaired) electrons. The summed E-state index contributed by atoms with van der Waals surface area (Å²) in [5.74, 6) is 0. The highest BCUT2D eigenvalue weighted by atomic mass is 79.9. The molecule has 17 heavy (non-hydrogen) atoms. The molecular weight excluding hydrogens is 282 g/mol. The first-order valence-corrected chi connectivity index (χ1v) is 6.45. The van der Waals surface area contributed by atoms with Crippen molar-refractivity contribution in [3.8, 4) is 0 Å². The third-order valence-electron chi connectivity index (χ3n) is 2.73. The highest BCUT2D eigenvalue weighted by Gasteiger charge is 2.18. The Morgan fingerprint density at radius 3 is 2.35 bits per heavy atom. The summed E-state index contributed by atoms with van der Waals surface area (Å²) in [4.78, 5) is 0. The van der Waals surface area contributed by atoms with Gasteiger partial charge in [-0.25, -0.2) is 0 Å². The Morgan fingerprint density at radius 1 is 1.18 bits per heavy atom. The van der Waals surface area contributed by atoms with E-state index in [0.717, 1.165) is 4.47 Å². The van der Waals surface area contributed by atoms with Crippen molar-refractivity contribution in [3.63, 3.8) is 0 Å². The summed E-state index contributed by atoms with van der Waals surface area (Å²) in [6.07, 6.45) is -0.232. The largest absolute Gasteiger partial charge is 0.354 e. The summed E-state index contributed by atoms with van der Waals surface area (Å²) in [6.45, 7) is 4.17. The van der Waals surface area contributed by atoms with Crippen LogP contribution >= 0.6 is 15.9 Å². The van der Waals surface area contributed by atoms with E-state index in [1.54, 1.807) is 14.2 Å². The summed E-state index contributed by atoms with van der Waals surface area (Å²) in [7, 11) is 3.30. The molecule has 0 saturated heterocycles. The fraction of sp³-hybridized carbons (Fsp3) is 0.538. The monoisotopic (exact) mass is 301 g/mol. The number of benzene rings is 1. The molecule has 3 nitrogen and oxygen atoms in total. The summed E-state index contributed by atoms with van der Waals surface area (Å²) in [6, 6.07) is 8.64. The lowest BCUT2D eigenvalue weighted by Crippen LogP contribution is -2.40. The van der Waals surface area contributed by atoms with Gasteiger partial charge in [-0.3, -0.25) is 0 Å². The van der Waals surface area contributed by atoms with Crippen LogP contribution in [0.1, 0.15) is 25.5 Å². The van der Waals surface area contributed by atoms with Gasteiger partial charge in [0.15, 0.2) is 6.29 Å². The number of ether oxygens (including phenoxy) is 2. The number of hydrogen-bond acceptors (Lipinski definition) is 3. The lowest BCUT2D eigenvalue weighted by atomic mass is 10.1. The Hall–Kier alpha value is -0.420. The molecule has 0 aromatic heterocycles. The van der Waals surface area contributed by atoms with Gasteiger partial charge in [-0.2, -0.15) is 0 Å². The second-order valence-electron chi connectivity index (χ2n) is 4.07. The minimum absolute atomic E-state index is 0.124. The Labute approximate surface area is 112 Å². The molecule has 96 valence electrons. The van der Waals surface area contributed by atoms with Gasteiger partial charge >= 0.3 is 0 Å². The number of nitrogens with one attached hydrogen (secondary N) is 1. The zero-order valence-corrected chi connectivity index (χ0v) is 12.3. The van der Waals surface area contributed by atoms with Gasteiger partial charge in [0.1, 0.15) is 0 Å². The minimum atomic E-state index is -0.232.